The zero-order valence-electron chi connectivity index (χ0n) is 13.5. The molecule has 3 atom stereocenters. The van der Waals surface area contributed by atoms with Crippen molar-refractivity contribution in [3.8, 4) is 5.75 Å². The van der Waals surface area contributed by atoms with Crippen molar-refractivity contribution in [1.29, 1.82) is 0 Å². The summed E-state index contributed by atoms with van der Waals surface area (Å²) in [5, 5.41) is 2.99. The quantitative estimate of drug-likeness (QED) is 0.915. The zero-order chi connectivity index (χ0) is 16.4. The van der Waals surface area contributed by atoms with Crippen molar-refractivity contribution in [1.82, 2.24) is 9.97 Å². The average Bonchev–Trinajstić information content (AvgIpc) is 3.25. The first kappa shape index (κ1) is 15.1. The highest BCUT2D eigenvalue weighted by Crippen LogP contribution is 2.48. The summed E-state index contributed by atoms with van der Waals surface area (Å²) in [5.41, 5.74) is 1.03. The van der Waals surface area contributed by atoms with E-state index in [0.717, 1.165) is 17.9 Å². The Morgan fingerprint density at radius 3 is 2.79 bits per heavy atom. The predicted molar refractivity (Wildman–Crippen MR) is 90.4 cm³/mol. The highest BCUT2D eigenvalue weighted by Gasteiger charge is 2.43. The third-order valence-corrected chi connectivity index (χ3v) is 5.23. The number of nitrogens with one attached hydrogen (secondary N) is 1. The molecule has 0 radical (unpaired) electrons. The molecule has 2 aliphatic carbocycles. The Morgan fingerprint density at radius 2 is 2.04 bits per heavy atom. The predicted octanol–water partition coefficient (Wildman–Crippen LogP) is 3.43. The van der Waals surface area contributed by atoms with Crippen LogP contribution in [0.4, 0.5) is 5.82 Å². The van der Waals surface area contributed by atoms with Crippen molar-refractivity contribution in [3.63, 3.8) is 0 Å². The highest BCUT2D eigenvalue weighted by molar-refractivity contribution is 5.93. The van der Waals surface area contributed by atoms with Gasteiger partial charge in [0.2, 0.25) is 5.91 Å². The Bertz CT molecular complexity index is 720. The number of carbonyl (C=O) groups is 1. The van der Waals surface area contributed by atoms with Gasteiger partial charge < -0.3 is 10.1 Å². The number of hydrogen-bond acceptors (Lipinski definition) is 4. The van der Waals surface area contributed by atoms with Gasteiger partial charge in [0.25, 0.3) is 0 Å². The number of anilines is 1. The molecule has 0 aromatic carbocycles. The van der Waals surface area contributed by atoms with Crippen LogP contribution in [0, 0.1) is 17.8 Å². The van der Waals surface area contributed by atoms with Crippen LogP contribution < -0.4 is 10.1 Å². The van der Waals surface area contributed by atoms with E-state index in [1.165, 1.54) is 19.3 Å². The van der Waals surface area contributed by atoms with E-state index in [-0.39, 0.29) is 11.8 Å². The van der Waals surface area contributed by atoms with Gasteiger partial charge in [-0.15, -0.1) is 0 Å². The van der Waals surface area contributed by atoms with Gasteiger partial charge in [0.1, 0.15) is 6.61 Å². The number of hydrogen-bond donors (Lipinski definition) is 1. The lowest BCUT2D eigenvalue weighted by Crippen LogP contribution is -2.27. The molecule has 1 amide bonds. The van der Waals surface area contributed by atoms with E-state index in [0.29, 0.717) is 24.1 Å². The van der Waals surface area contributed by atoms with E-state index in [1.54, 1.807) is 18.6 Å². The minimum absolute atomic E-state index is 0.0923. The van der Waals surface area contributed by atoms with Crippen molar-refractivity contribution >= 4 is 11.7 Å². The lowest BCUT2D eigenvalue weighted by Gasteiger charge is -2.21. The Labute approximate surface area is 141 Å². The number of rotatable bonds is 5. The third-order valence-electron chi connectivity index (χ3n) is 5.23. The highest BCUT2D eigenvalue weighted by atomic mass is 16.5. The van der Waals surface area contributed by atoms with Gasteiger partial charge in [-0.3, -0.25) is 9.78 Å². The smallest absolute Gasteiger partial charge is 0.229 e. The summed E-state index contributed by atoms with van der Waals surface area (Å²) < 4.78 is 5.84. The second-order valence-corrected chi connectivity index (χ2v) is 6.76. The number of pyridine rings is 2. The molecule has 2 aromatic heterocycles. The monoisotopic (exact) mass is 323 g/mol. The van der Waals surface area contributed by atoms with Crippen molar-refractivity contribution in [2.24, 2.45) is 17.8 Å². The Morgan fingerprint density at radius 1 is 1.17 bits per heavy atom. The van der Waals surface area contributed by atoms with E-state index in [9.17, 15) is 4.79 Å². The molecule has 2 saturated carbocycles. The number of aromatic nitrogens is 2. The Balaban J connectivity index is 1.42. The third kappa shape index (κ3) is 3.11. The molecule has 4 rings (SSSR count). The van der Waals surface area contributed by atoms with Crippen molar-refractivity contribution < 1.29 is 9.53 Å². The van der Waals surface area contributed by atoms with Crippen molar-refractivity contribution in [2.75, 3.05) is 5.32 Å². The van der Waals surface area contributed by atoms with Gasteiger partial charge in [-0.05, 0) is 60.9 Å². The van der Waals surface area contributed by atoms with E-state index in [2.05, 4.69) is 15.3 Å². The second kappa shape index (κ2) is 6.59. The fourth-order valence-corrected chi connectivity index (χ4v) is 4.02. The number of nitrogens with zero attached hydrogens (tertiary/aromatic N) is 2. The van der Waals surface area contributed by atoms with Crippen LogP contribution >= 0.6 is 0 Å². The molecule has 5 heteroatoms. The van der Waals surface area contributed by atoms with Gasteiger partial charge in [-0.25, -0.2) is 4.98 Å². The molecule has 0 saturated heterocycles. The van der Waals surface area contributed by atoms with E-state index >= 15 is 0 Å². The van der Waals surface area contributed by atoms with Gasteiger partial charge in [-0.2, -0.15) is 0 Å². The molecule has 24 heavy (non-hydrogen) atoms. The first-order chi connectivity index (χ1) is 11.8. The minimum atomic E-state index is 0.0923. The number of carbonyl (C=O) groups excluding carboxylic acids is 1. The minimum Gasteiger partial charge on any atom is -0.485 e. The first-order valence-corrected chi connectivity index (χ1v) is 8.57. The maximum Gasteiger partial charge on any atom is 0.229 e. The summed E-state index contributed by atoms with van der Waals surface area (Å²) in [6.45, 7) is 0.422. The fraction of sp³-hybridized carbons (Fsp3) is 0.421. The van der Waals surface area contributed by atoms with E-state index in [4.69, 9.17) is 4.74 Å². The molecular formula is C19H21N3O2. The van der Waals surface area contributed by atoms with Crippen LogP contribution in [0.15, 0.2) is 42.9 Å². The van der Waals surface area contributed by atoms with Gasteiger partial charge in [-0.1, -0.05) is 6.42 Å². The SMILES string of the molecule is O=C(Nc1ncccc1OCc1ccncc1)[C@@H]1C[C@H]2CC[C@H]1C2. The zero-order valence-corrected chi connectivity index (χ0v) is 13.5. The first-order valence-electron chi connectivity index (χ1n) is 8.57. The van der Waals surface area contributed by atoms with Crippen molar-refractivity contribution in [2.45, 2.75) is 32.3 Å². The summed E-state index contributed by atoms with van der Waals surface area (Å²) in [6, 6.07) is 7.47. The van der Waals surface area contributed by atoms with Gasteiger partial charge in [0, 0.05) is 24.5 Å². The molecule has 2 aromatic rings. The van der Waals surface area contributed by atoms with Crippen molar-refractivity contribution in [3.05, 3.63) is 48.4 Å². The lowest BCUT2D eigenvalue weighted by atomic mass is 9.88. The molecule has 1 N–H and O–H groups in total. The summed E-state index contributed by atoms with van der Waals surface area (Å²) in [7, 11) is 0. The molecule has 2 fully saturated rings. The number of amides is 1. The van der Waals surface area contributed by atoms with Crippen LogP contribution in [-0.4, -0.2) is 15.9 Å². The molecular weight excluding hydrogens is 302 g/mol. The fourth-order valence-electron chi connectivity index (χ4n) is 4.02. The molecule has 0 spiro atoms. The molecule has 5 nitrogen and oxygen atoms in total. The van der Waals surface area contributed by atoms with Gasteiger partial charge >= 0.3 is 0 Å². The van der Waals surface area contributed by atoms with Gasteiger partial charge in [0.05, 0.1) is 0 Å². The molecule has 0 unspecified atom stereocenters. The summed E-state index contributed by atoms with van der Waals surface area (Å²) in [6.07, 6.45) is 9.87. The van der Waals surface area contributed by atoms with Crippen LogP contribution in [0.3, 0.4) is 0 Å². The molecule has 124 valence electrons. The van der Waals surface area contributed by atoms with Crippen LogP contribution in [0.2, 0.25) is 0 Å². The molecule has 0 aliphatic heterocycles. The number of ether oxygens (including phenoxy) is 1. The average molecular weight is 323 g/mol. The Kier molecular flexibility index (Phi) is 4.15. The van der Waals surface area contributed by atoms with Crippen LogP contribution in [-0.2, 0) is 11.4 Å². The molecule has 2 aliphatic rings. The summed E-state index contributed by atoms with van der Waals surface area (Å²) in [5.74, 6) is 2.65. The number of fused-ring (bicyclic) bond motifs is 2. The maximum atomic E-state index is 12.6. The summed E-state index contributed by atoms with van der Waals surface area (Å²) >= 11 is 0. The topological polar surface area (TPSA) is 64.1 Å². The Hall–Kier alpha value is -2.43. The maximum absolute atomic E-state index is 12.6. The summed E-state index contributed by atoms with van der Waals surface area (Å²) in [4.78, 5) is 20.9. The lowest BCUT2D eigenvalue weighted by molar-refractivity contribution is -0.121. The molecule has 2 bridgehead atoms. The van der Waals surface area contributed by atoms with Crippen LogP contribution in [0.5, 0.6) is 5.75 Å². The van der Waals surface area contributed by atoms with Crippen LogP contribution in [0.1, 0.15) is 31.2 Å². The van der Waals surface area contributed by atoms with Crippen LogP contribution in [0.25, 0.3) is 0 Å². The molecule has 2 heterocycles. The normalized spacial score (nSPS) is 24.8. The van der Waals surface area contributed by atoms with E-state index < -0.39 is 0 Å². The second-order valence-electron chi connectivity index (χ2n) is 6.76. The largest absolute Gasteiger partial charge is 0.485 e. The van der Waals surface area contributed by atoms with Gasteiger partial charge in [0.15, 0.2) is 11.6 Å². The standard InChI is InChI=1S/C19H21N3O2/c23-19(16-11-14-3-4-15(16)10-14)22-18-17(2-1-7-21-18)24-12-13-5-8-20-9-6-13/h1-2,5-9,14-16H,3-4,10-12H2,(H,21,22,23)/t14-,15-,16+/m0/s1. The van der Waals surface area contributed by atoms with E-state index in [1.807, 2.05) is 24.3 Å².